The number of nitrogens with zero attached hydrogens (tertiary/aromatic N) is 1. The molecule has 0 radical (unpaired) electrons. The van der Waals surface area contributed by atoms with E-state index in [2.05, 4.69) is 12.2 Å². The summed E-state index contributed by atoms with van der Waals surface area (Å²) in [6.07, 6.45) is 2.54. The summed E-state index contributed by atoms with van der Waals surface area (Å²) >= 11 is 7.41. The normalized spacial score (nSPS) is 15.6. The first-order valence-corrected chi connectivity index (χ1v) is 10.1. The van der Waals surface area contributed by atoms with E-state index in [0.717, 1.165) is 35.8 Å². The van der Waals surface area contributed by atoms with Crippen molar-refractivity contribution in [2.24, 2.45) is 5.92 Å². The van der Waals surface area contributed by atoms with Gasteiger partial charge in [-0.2, -0.15) is 0 Å². The number of benzene rings is 1. The van der Waals surface area contributed by atoms with Gasteiger partial charge in [-0.15, -0.1) is 11.3 Å². The number of hydrogen-bond acceptors (Lipinski definition) is 6. The van der Waals surface area contributed by atoms with Crippen molar-refractivity contribution in [2.45, 2.75) is 33.1 Å². The van der Waals surface area contributed by atoms with Crippen LogP contribution < -0.4 is 5.32 Å². The smallest absolute Gasteiger partial charge is 0.341 e. The number of carbonyl (C=O) groups is 2. The van der Waals surface area contributed by atoms with Crippen molar-refractivity contribution in [2.75, 3.05) is 11.9 Å². The minimum atomic E-state index is -0.606. The average molecular weight is 423 g/mol. The number of amides is 1. The van der Waals surface area contributed by atoms with E-state index in [-0.39, 0.29) is 22.9 Å². The van der Waals surface area contributed by atoms with Crippen LogP contribution in [0.4, 0.5) is 10.7 Å². The van der Waals surface area contributed by atoms with Crippen LogP contribution in [0.1, 0.15) is 51.4 Å². The summed E-state index contributed by atoms with van der Waals surface area (Å²) in [5.41, 5.74) is 1.04. The van der Waals surface area contributed by atoms with E-state index in [9.17, 15) is 19.7 Å². The van der Waals surface area contributed by atoms with E-state index in [1.807, 2.05) is 0 Å². The maximum atomic E-state index is 12.8. The summed E-state index contributed by atoms with van der Waals surface area (Å²) in [7, 11) is 0. The molecule has 1 aliphatic carbocycles. The van der Waals surface area contributed by atoms with Gasteiger partial charge >= 0.3 is 5.97 Å². The number of non-ortho nitro benzene ring substituents is 1. The largest absolute Gasteiger partial charge is 0.462 e. The molecular formula is C19H19ClN2O5S. The number of halogens is 1. The molecule has 9 heteroatoms. The van der Waals surface area contributed by atoms with E-state index >= 15 is 0 Å². The number of thiophene rings is 1. The highest BCUT2D eigenvalue weighted by atomic mass is 35.5. The van der Waals surface area contributed by atoms with Crippen LogP contribution in [-0.2, 0) is 17.6 Å². The standard InChI is InChI=1S/C19H19ClN2O5S/c1-3-27-19(24)16-12-6-4-10(2)8-15(12)28-18(16)21-17(23)13-9-11(22(25)26)5-7-14(13)20/h5,7,9-10H,3-4,6,8H2,1-2H3,(H,21,23)/t10-/m1/s1. The summed E-state index contributed by atoms with van der Waals surface area (Å²) < 4.78 is 5.18. The molecule has 0 saturated carbocycles. The van der Waals surface area contributed by atoms with E-state index in [1.54, 1.807) is 6.92 Å². The van der Waals surface area contributed by atoms with E-state index in [4.69, 9.17) is 16.3 Å². The molecule has 1 aliphatic rings. The number of esters is 1. The Kier molecular flexibility index (Phi) is 6.00. The fourth-order valence-electron chi connectivity index (χ4n) is 3.23. The number of nitrogens with one attached hydrogen (secondary N) is 1. The number of anilines is 1. The summed E-state index contributed by atoms with van der Waals surface area (Å²) in [6, 6.07) is 3.66. The van der Waals surface area contributed by atoms with Gasteiger partial charge in [-0.25, -0.2) is 4.79 Å². The van der Waals surface area contributed by atoms with Crippen molar-refractivity contribution in [1.82, 2.24) is 0 Å². The third kappa shape index (κ3) is 4.02. The molecule has 1 N–H and O–H groups in total. The average Bonchev–Trinajstić information content (AvgIpc) is 2.98. The predicted octanol–water partition coefficient (Wildman–Crippen LogP) is 4.86. The van der Waals surface area contributed by atoms with Gasteiger partial charge in [0.05, 0.1) is 27.7 Å². The first-order chi connectivity index (χ1) is 13.3. The Labute approximate surface area is 170 Å². The van der Waals surface area contributed by atoms with Gasteiger partial charge in [-0.3, -0.25) is 14.9 Å². The van der Waals surface area contributed by atoms with Crippen LogP contribution in [0.5, 0.6) is 0 Å². The van der Waals surface area contributed by atoms with Gasteiger partial charge in [0.15, 0.2) is 0 Å². The number of carbonyl (C=O) groups excluding carboxylic acids is 2. The molecule has 1 aromatic carbocycles. The van der Waals surface area contributed by atoms with E-state index < -0.39 is 16.8 Å². The van der Waals surface area contributed by atoms with Crippen molar-refractivity contribution in [3.63, 3.8) is 0 Å². The molecular weight excluding hydrogens is 404 g/mol. The highest BCUT2D eigenvalue weighted by Gasteiger charge is 2.29. The second-order valence-corrected chi connectivity index (χ2v) is 8.16. The Morgan fingerprint density at radius 1 is 1.43 bits per heavy atom. The lowest BCUT2D eigenvalue weighted by Gasteiger charge is -2.18. The molecule has 1 amide bonds. The molecule has 1 heterocycles. The Hall–Kier alpha value is -2.45. The number of fused-ring (bicyclic) bond motifs is 1. The van der Waals surface area contributed by atoms with Crippen LogP contribution in [-0.4, -0.2) is 23.4 Å². The van der Waals surface area contributed by atoms with Crippen LogP contribution in [0, 0.1) is 16.0 Å². The Balaban J connectivity index is 1.98. The first-order valence-electron chi connectivity index (χ1n) is 8.88. The Morgan fingerprint density at radius 2 is 2.18 bits per heavy atom. The molecule has 148 valence electrons. The van der Waals surface area contributed by atoms with Crippen molar-refractivity contribution >= 4 is 45.5 Å². The molecule has 1 atom stereocenters. The van der Waals surface area contributed by atoms with E-state index in [0.29, 0.717) is 16.5 Å². The minimum Gasteiger partial charge on any atom is -0.462 e. The molecule has 0 spiro atoms. The van der Waals surface area contributed by atoms with Crippen LogP contribution in [0.2, 0.25) is 5.02 Å². The summed E-state index contributed by atoms with van der Waals surface area (Å²) in [6.45, 7) is 4.09. The predicted molar refractivity (Wildman–Crippen MR) is 108 cm³/mol. The highest BCUT2D eigenvalue weighted by molar-refractivity contribution is 7.17. The third-order valence-electron chi connectivity index (χ3n) is 4.62. The Bertz CT molecular complexity index is 956. The molecule has 1 aromatic heterocycles. The quantitative estimate of drug-likeness (QED) is 0.421. The van der Waals surface area contributed by atoms with Gasteiger partial charge in [-0.05, 0) is 43.7 Å². The molecule has 0 saturated heterocycles. The number of rotatable bonds is 5. The number of hydrogen-bond donors (Lipinski definition) is 1. The molecule has 3 rings (SSSR count). The van der Waals surface area contributed by atoms with E-state index in [1.165, 1.54) is 23.5 Å². The second-order valence-electron chi connectivity index (χ2n) is 6.65. The van der Waals surface area contributed by atoms with Crippen LogP contribution >= 0.6 is 22.9 Å². The molecule has 0 fully saturated rings. The van der Waals surface area contributed by atoms with Crippen molar-refractivity contribution in [1.29, 1.82) is 0 Å². The first kappa shape index (κ1) is 20.3. The van der Waals surface area contributed by atoms with Crippen molar-refractivity contribution in [3.05, 3.63) is 54.9 Å². The summed E-state index contributed by atoms with van der Waals surface area (Å²) in [4.78, 5) is 36.7. The van der Waals surface area contributed by atoms with Crippen molar-refractivity contribution < 1.29 is 19.2 Å². The molecule has 0 bridgehead atoms. The van der Waals surface area contributed by atoms with Gasteiger partial charge in [0.1, 0.15) is 5.00 Å². The molecule has 2 aromatic rings. The van der Waals surface area contributed by atoms with Gasteiger partial charge in [0.25, 0.3) is 11.6 Å². The van der Waals surface area contributed by atoms with Gasteiger partial charge in [0, 0.05) is 17.0 Å². The summed E-state index contributed by atoms with van der Waals surface area (Å²) in [5.74, 6) is -0.586. The van der Waals surface area contributed by atoms with Gasteiger partial charge in [-0.1, -0.05) is 18.5 Å². The Morgan fingerprint density at radius 3 is 2.86 bits per heavy atom. The topological polar surface area (TPSA) is 98.5 Å². The lowest BCUT2D eigenvalue weighted by atomic mass is 9.88. The lowest BCUT2D eigenvalue weighted by molar-refractivity contribution is -0.384. The van der Waals surface area contributed by atoms with Gasteiger partial charge < -0.3 is 10.1 Å². The fourth-order valence-corrected chi connectivity index (χ4v) is 4.83. The molecule has 7 nitrogen and oxygen atoms in total. The maximum absolute atomic E-state index is 12.8. The third-order valence-corrected chi connectivity index (χ3v) is 6.12. The minimum absolute atomic E-state index is 0.0228. The highest BCUT2D eigenvalue weighted by Crippen LogP contribution is 2.40. The monoisotopic (exact) mass is 422 g/mol. The second kappa shape index (κ2) is 8.28. The number of nitro groups is 1. The van der Waals surface area contributed by atoms with Crippen molar-refractivity contribution in [3.8, 4) is 0 Å². The van der Waals surface area contributed by atoms with Crippen LogP contribution in [0.3, 0.4) is 0 Å². The fraction of sp³-hybridized carbons (Fsp3) is 0.368. The summed E-state index contributed by atoms with van der Waals surface area (Å²) in [5, 5.41) is 14.2. The van der Waals surface area contributed by atoms with Crippen LogP contribution in [0.15, 0.2) is 18.2 Å². The van der Waals surface area contributed by atoms with Crippen LogP contribution in [0.25, 0.3) is 0 Å². The maximum Gasteiger partial charge on any atom is 0.341 e. The molecule has 28 heavy (non-hydrogen) atoms. The van der Waals surface area contributed by atoms with Gasteiger partial charge in [0.2, 0.25) is 0 Å². The lowest BCUT2D eigenvalue weighted by Crippen LogP contribution is -2.17. The zero-order chi connectivity index (χ0) is 20.4. The zero-order valence-electron chi connectivity index (χ0n) is 15.4. The SMILES string of the molecule is CCOC(=O)c1c(NC(=O)c2cc([N+](=O)[O-])ccc2Cl)sc2c1CC[C@@H](C)C2. The number of nitro benzene ring substituents is 1. The molecule has 0 aliphatic heterocycles. The molecule has 0 unspecified atom stereocenters. The zero-order valence-corrected chi connectivity index (χ0v) is 17.0. The number of ether oxygens (including phenoxy) is 1.